The van der Waals surface area contributed by atoms with Gasteiger partial charge in [0.25, 0.3) is 0 Å². The van der Waals surface area contributed by atoms with Crippen molar-refractivity contribution in [3.05, 3.63) is 70.8 Å². The molecule has 2 heterocycles. The molecular weight excluding hydrogens is 386 g/mol. The molecule has 0 bridgehead atoms. The van der Waals surface area contributed by atoms with Crippen molar-refractivity contribution < 1.29 is 19.1 Å². The average Bonchev–Trinajstić information content (AvgIpc) is 3.26. The number of ketones is 1. The Bertz CT molecular complexity index is 974. The van der Waals surface area contributed by atoms with Gasteiger partial charge < -0.3 is 9.64 Å². The number of fused-ring (bicyclic) bond motifs is 1. The zero-order valence-corrected chi connectivity index (χ0v) is 17.3. The van der Waals surface area contributed by atoms with Gasteiger partial charge in [-0.25, -0.2) is 4.79 Å². The summed E-state index contributed by atoms with van der Waals surface area (Å²) in [6, 6.07) is 14.7. The molecule has 29 heavy (non-hydrogen) atoms. The van der Waals surface area contributed by atoms with Gasteiger partial charge in [0.1, 0.15) is 10.9 Å². The maximum absolute atomic E-state index is 12.8. The number of hydrogen-bond acceptors (Lipinski definition) is 5. The maximum atomic E-state index is 12.8. The second-order valence-corrected chi connectivity index (χ2v) is 8.89. The van der Waals surface area contributed by atoms with Gasteiger partial charge in [-0.1, -0.05) is 54.1 Å². The first-order valence-corrected chi connectivity index (χ1v) is 10.7. The fourth-order valence-corrected chi connectivity index (χ4v) is 5.89. The van der Waals surface area contributed by atoms with Crippen LogP contribution in [-0.4, -0.2) is 41.0 Å². The second-order valence-electron chi connectivity index (χ2n) is 7.59. The third kappa shape index (κ3) is 3.46. The number of esters is 1. The number of aryl methyl sites for hydroxylation is 2. The van der Waals surface area contributed by atoms with Gasteiger partial charge in [0.15, 0.2) is 6.61 Å². The van der Waals surface area contributed by atoms with Gasteiger partial charge in [0.05, 0.1) is 0 Å². The first kappa shape index (κ1) is 19.7. The van der Waals surface area contributed by atoms with E-state index in [4.69, 9.17) is 4.74 Å². The van der Waals surface area contributed by atoms with Crippen LogP contribution in [0.25, 0.3) is 0 Å². The van der Waals surface area contributed by atoms with Crippen molar-refractivity contribution >= 4 is 29.4 Å². The number of carbonyl (C=O) groups is 3. The first-order chi connectivity index (χ1) is 13.9. The number of amides is 1. The number of hydrogen-bond donors (Lipinski definition) is 0. The molecular formula is C23H23NO4S. The van der Waals surface area contributed by atoms with Crippen LogP contribution in [0.2, 0.25) is 0 Å². The Kier molecular flexibility index (Phi) is 5.21. The molecule has 2 aliphatic heterocycles. The molecule has 6 heteroatoms. The lowest BCUT2D eigenvalue weighted by Crippen LogP contribution is -2.47. The highest BCUT2D eigenvalue weighted by Gasteiger charge is 2.57. The minimum atomic E-state index is -0.665. The van der Waals surface area contributed by atoms with Crippen LogP contribution < -0.4 is 0 Å². The molecule has 2 aromatic rings. The molecule has 0 radical (unpaired) electrons. The van der Waals surface area contributed by atoms with Crippen molar-refractivity contribution in [1.29, 1.82) is 0 Å². The summed E-state index contributed by atoms with van der Waals surface area (Å²) in [6.45, 7) is 3.52. The van der Waals surface area contributed by atoms with Gasteiger partial charge in [-0.3, -0.25) is 9.59 Å². The Morgan fingerprint density at radius 3 is 2.66 bits per heavy atom. The fraction of sp³-hybridized carbons (Fsp3) is 0.348. The van der Waals surface area contributed by atoms with Gasteiger partial charge in [0.2, 0.25) is 11.7 Å². The molecule has 0 spiro atoms. The molecule has 2 atom stereocenters. The Morgan fingerprint density at radius 1 is 1.17 bits per heavy atom. The van der Waals surface area contributed by atoms with E-state index in [0.717, 1.165) is 16.7 Å². The van der Waals surface area contributed by atoms with Gasteiger partial charge in [-0.15, -0.1) is 11.8 Å². The lowest BCUT2D eigenvalue weighted by atomic mass is 10.0. The third-order valence-electron chi connectivity index (χ3n) is 5.65. The molecule has 0 unspecified atom stereocenters. The molecule has 0 N–H and O–H groups in total. The van der Waals surface area contributed by atoms with Gasteiger partial charge in [-0.2, -0.15) is 0 Å². The number of nitrogens with zero attached hydrogens (tertiary/aromatic N) is 1. The number of Topliss-reactive ketones (excluding diaryl/α,β-unsaturated/α-hetero) is 1. The molecule has 0 aromatic heterocycles. The standard InChI is InChI=1S/C23H23NO4S/c1-15-8-9-18(16(2)12-15)20(25)13-28-22(27)19-14-29-23(11-10-21(26)24(19)23)17-6-4-3-5-7-17/h3-9,12,19H,10-11,13-14H2,1-2H3/t19-,23+/m1/s1. The summed E-state index contributed by atoms with van der Waals surface area (Å²) in [6.07, 6.45) is 1.08. The zero-order valence-electron chi connectivity index (χ0n) is 16.5. The Hall–Kier alpha value is -2.60. The van der Waals surface area contributed by atoms with Crippen LogP contribution in [-0.2, 0) is 19.2 Å². The van der Waals surface area contributed by atoms with E-state index in [1.165, 1.54) is 0 Å². The van der Waals surface area contributed by atoms with E-state index in [9.17, 15) is 14.4 Å². The van der Waals surface area contributed by atoms with Gasteiger partial charge >= 0.3 is 5.97 Å². The first-order valence-electron chi connectivity index (χ1n) is 9.71. The van der Waals surface area contributed by atoms with E-state index < -0.39 is 16.9 Å². The lowest BCUT2D eigenvalue weighted by molar-refractivity contribution is -0.152. The highest BCUT2D eigenvalue weighted by molar-refractivity contribution is 8.00. The van der Waals surface area contributed by atoms with Crippen molar-refractivity contribution in [3.8, 4) is 0 Å². The van der Waals surface area contributed by atoms with Crippen LogP contribution in [0.4, 0.5) is 0 Å². The molecule has 4 rings (SSSR count). The Balaban J connectivity index is 1.48. The number of rotatable bonds is 5. The van der Waals surface area contributed by atoms with Crippen LogP contribution >= 0.6 is 11.8 Å². The van der Waals surface area contributed by atoms with Gasteiger partial charge in [0, 0.05) is 17.7 Å². The molecule has 2 fully saturated rings. The molecule has 2 saturated heterocycles. The minimum Gasteiger partial charge on any atom is -0.456 e. The maximum Gasteiger partial charge on any atom is 0.330 e. The van der Waals surface area contributed by atoms with Crippen molar-refractivity contribution in [3.63, 3.8) is 0 Å². The predicted molar refractivity (Wildman–Crippen MR) is 112 cm³/mol. The minimum absolute atomic E-state index is 0.0403. The SMILES string of the molecule is Cc1ccc(C(=O)COC(=O)[C@H]2CS[C@]3(c4ccccc4)CCC(=O)N23)c(C)c1. The van der Waals surface area contributed by atoms with Gasteiger partial charge in [-0.05, 0) is 31.4 Å². The van der Waals surface area contributed by atoms with E-state index in [2.05, 4.69) is 0 Å². The Morgan fingerprint density at radius 2 is 1.93 bits per heavy atom. The van der Waals surface area contributed by atoms with Crippen LogP contribution in [0, 0.1) is 13.8 Å². The summed E-state index contributed by atoms with van der Waals surface area (Å²) in [7, 11) is 0. The highest BCUT2D eigenvalue weighted by Crippen LogP contribution is 2.54. The molecule has 2 aromatic carbocycles. The number of thioether (sulfide) groups is 1. The van der Waals surface area contributed by atoms with Crippen LogP contribution in [0.3, 0.4) is 0 Å². The van der Waals surface area contributed by atoms with Crippen LogP contribution in [0.5, 0.6) is 0 Å². The Labute approximate surface area is 174 Å². The van der Waals surface area contributed by atoms with E-state index >= 15 is 0 Å². The number of benzene rings is 2. The highest BCUT2D eigenvalue weighted by atomic mass is 32.2. The molecule has 1 amide bonds. The predicted octanol–water partition coefficient (Wildman–Crippen LogP) is 3.62. The average molecular weight is 410 g/mol. The fourth-order valence-electron chi connectivity index (χ4n) is 4.25. The van der Waals surface area contributed by atoms with Crippen LogP contribution in [0.15, 0.2) is 48.5 Å². The van der Waals surface area contributed by atoms with Crippen molar-refractivity contribution in [1.82, 2.24) is 4.90 Å². The van der Waals surface area contributed by atoms with Crippen LogP contribution in [0.1, 0.15) is 39.9 Å². The second kappa shape index (κ2) is 7.67. The molecule has 150 valence electrons. The summed E-state index contributed by atoms with van der Waals surface area (Å²) >= 11 is 1.61. The number of ether oxygens (including phenoxy) is 1. The third-order valence-corrected chi connectivity index (χ3v) is 7.25. The van der Waals surface area contributed by atoms with Crippen molar-refractivity contribution in [2.24, 2.45) is 0 Å². The van der Waals surface area contributed by atoms with E-state index in [1.54, 1.807) is 22.7 Å². The normalized spacial score (nSPS) is 23.2. The lowest BCUT2D eigenvalue weighted by Gasteiger charge is -2.33. The molecule has 5 nitrogen and oxygen atoms in total. The summed E-state index contributed by atoms with van der Waals surface area (Å²) in [5, 5.41) is 0. The number of carbonyl (C=O) groups excluding carboxylic acids is 3. The summed E-state index contributed by atoms with van der Waals surface area (Å²) in [4.78, 5) is 39.1. The quantitative estimate of drug-likeness (QED) is 0.558. The summed E-state index contributed by atoms with van der Waals surface area (Å²) in [5.41, 5.74) is 3.52. The van der Waals surface area contributed by atoms with E-state index in [0.29, 0.717) is 24.2 Å². The molecule has 0 aliphatic carbocycles. The monoisotopic (exact) mass is 409 g/mol. The molecule has 0 saturated carbocycles. The van der Waals surface area contributed by atoms with E-state index in [1.807, 2.05) is 56.3 Å². The summed E-state index contributed by atoms with van der Waals surface area (Å²) in [5.74, 6) is -0.314. The summed E-state index contributed by atoms with van der Waals surface area (Å²) < 4.78 is 5.37. The van der Waals surface area contributed by atoms with Crippen molar-refractivity contribution in [2.75, 3.05) is 12.4 Å². The van der Waals surface area contributed by atoms with Crippen molar-refractivity contribution in [2.45, 2.75) is 37.6 Å². The smallest absolute Gasteiger partial charge is 0.330 e. The van der Waals surface area contributed by atoms with E-state index in [-0.39, 0.29) is 18.3 Å². The topological polar surface area (TPSA) is 63.7 Å². The largest absolute Gasteiger partial charge is 0.456 e. The zero-order chi connectivity index (χ0) is 20.6. The molecule has 2 aliphatic rings.